The number of pyridine rings is 1. The maximum absolute atomic E-state index is 14.3. The number of amides is 1. The first kappa shape index (κ1) is 21.0. The van der Waals surface area contributed by atoms with Crippen LogP contribution in [0.5, 0.6) is 11.5 Å². The lowest BCUT2D eigenvalue weighted by Crippen LogP contribution is -2.37. The summed E-state index contributed by atoms with van der Waals surface area (Å²) in [6.07, 6.45) is 10.0. The minimum absolute atomic E-state index is 0.117. The molecule has 0 saturated carbocycles. The topological polar surface area (TPSA) is 54.5 Å². The molecule has 1 saturated heterocycles. The first-order chi connectivity index (χ1) is 14.1. The van der Waals surface area contributed by atoms with E-state index in [0.29, 0.717) is 23.8 Å². The number of nitrogens with one attached hydrogen (secondary N) is 1. The van der Waals surface area contributed by atoms with Crippen molar-refractivity contribution in [2.45, 2.75) is 26.2 Å². The third-order valence-electron chi connectivity index (χ3n) is 4.89. The molecule has 2 heterocycles. The molecule has 6 heteroatoms. The number of benzene rings is 1. The quantitative estimate of drug-likeness (QED) is 0.676. The fraction of sp³-hybridized carbons (Fsp3) is 0.391. The zero-order chi connectivity index (χ0) is 20.5. The lowest BCUT2D eigenvalue weighted by molar-refractivity contribution is -0.116. The van der Waals surface area contributed by atoms with Gasteiger partial charge in [0.15, 0.2) is 11.6 Å². The lowest BCUT2D eigenvalue weighted by atomic mass is 10.1. The molecule has 1 amide bonds. The molecule has 5 nitrogen and oxygen atoms in total. The van der Waals surface area contributed by atoms with Gasteiger partial charge in [-0.05, 0) is 67.8 Å². The highest BCUT2D eigenvalue weighted by atomic mass is 19.1. The number of piperidine rings is 1. The number of rotatable bonds is 8. The first-order valence-electron chi connectivity index (χ1n) is 10.2. The summed E-state index contributed by atoms with van der Waals surface area (Å²) >= 11 is 0. The van der Waals surface area contributed by atoms with Crippen molar-refractivity contribution in [1.82, 2.24) is 15.2 Å². The van der Waals surface area contributed by atoms with Gasteiger partial charge in [0, 0.05) is 25.4 Å². The standard InChI is InChI=1S/C23H28FN3O2/c1-18(17-27-12-3-2-4-13-27)15-26-23(28)10-8-19-7-9-22(21(24)14-19)29-20-6-5-11-25-16-20/h5-11,14,16,18H,2-4,12-13,15,17H2,1H3,(H,26,28)/b10-8+. The van der Waals surface area contributed by atoms with Gasteiger partial charge in [0.2, 0.25) is 5.91 Å². The minimum Gasteiger partial charge on any atom is -0.453 e. The van der Waals surface area contributed by atoms with E-state index in [1.807, 2.05) is 0 Å². The summed E-state index contributed by atoms with van der Waals surface area (Å²) in [6.45, 7) is 6.10. The summed E-state index contributed by atoms with van der Waals surface area (Å²) in [5.74, 6) is 0.309. The van der Waals surface area contributed by atoms with E-state index in [1.165, 1.54) is 37.6 Å². The van der Waals surface area contributed by atoms with Crippen molar-refractivity contribution in [3.05, 3.63) is 60.2 Å². The second-order valence-corrected chi connectivity index (χ2v) is 7.53. The molecule has 0 aliphatic carbocycles. The van der Waals surface area contributed by atoms with Gasteiger partial charge < -0.3 is 15.0 Å². The zero-order valence-electron chi connectivity index (χ0n) is 16.8. The van der Waals surface area contributed by atoms with Crippen LogP contribution < -0.4 is 10.1 Å². The number of likely N-dealkylation sites (tertiary alicyclic amines) is 1. The maximum atomic E-state index is 14.3. The van der Waals surface area contributed by atoms with Crippen molar-refractivity contribution >= 4 is 12.0 Å². The molecule has 1 unspecified atom stereocenters. The van der Waals surface area contributed by atoms with E-state index < -0.39 is 5.82 Å². The van der Waals surface area contributed by atoms with Crippen LogP contribution in [0.25, 0.3) is 6.08 Å². The number of ether oxygens (including phenoxy) is 1. The number of carbonyl (C=O) groups excluding carboxylic acids is 1. The van der Waals surface area contributed by atoms with Crippen molar-refractivity contribution in [2.24, 2.45) is 5.92 Å². The molecule has 2 aromatic rings. The van der Waals surface area contributed by atoms with Gasteiger partial charge in [0.05, 0.1) is 6.20 Å². The smallest absolute Gasteiger partial charge is 0.244 e. The number of nitrogens with zero attached hydrogens (tertiary/aromatic N) is 2. The van der Waals surface area contributed by atoms with E-state index in [4.69, 9.17) is 4.74 Å². The molecule has 0 radical (unpaired) electrons. The van der Waals surface area contributed by atoms with E-state index >= 15 is 0 Å². The van der Waals surface area contributed by atoms with Crippen LogP contribution >= 0.6 is 0 Å². The summed E-state index contributed by atoms with van der Waals surface area (Å²) in [6, 6.07) is 8.01. The normalized spacial score (nSPS) is 15.9. The molecule has 29 heavy (non-hydrogen) atoms. The molecule has 1 atom stereocenters. The summed E-state index contributed by atoms with van der Waals surface area (Å²) in [5, 5.41) is 2.92. The number of carbonyl (C=O) groups is 1. The highest BCUT2D eigenvalue weighted by Gasteiger charge is 2.13. The molecule has 1 fully saturated rings. The Labute approximate surface area is 171 Å². The van der Waals surface area contributed by atoms with E-state index in [9.17, 15) is 9.18 Å². The van der Waals surface area contributed by atoms with Crippen molar-refractivity contribution in [3.63, 3.8) is 0 Å². The molecule has 0 spiro atoms. The van der Waals surface area contributed by atoms with Crippen LogP contribution in [0.1, 0.15) is 31.7 Å². The van der Waals surface area contributed by atoms with Crippen LogP contribution in [-0.2, 0) is 4.79 Å². The highest BCUT2D eigenvalue weighted by molar-refractivity contribution is 5.91. The van der Waals surface area contributed by atoms with Gasteiger partial charge in [-0.3, -0.25) is 9.78 Å². The molecule has 1 N–H and O–H groups in total. The first-order valence-corrected chi connectivity index (χ1v) is 10.2. The Bertz CT molecular complexity index is 820. The van der Waals surface area contributed by atoms with Gasteiger partial charge in [-0.1, -0.05) is 19.4 Å². The van der Waals surface area contributed by atoms with Crippen LogP contribution in [0.4, 0.5) is 4.39 Å². The minimum atomic E-state index is -0.494. The van der Waals surface area contributed by atoms with Crippen molar-refractivity contribution in [1.29, 1.82) is 0 Å². The van der Waals surface area contributed by atoms with E-state index in [0.717, 1.165) is 19.6 Å². The fourth-order valence-corrected chi connectivity index (χ4v) is 3.39. The van der Waals surface area contributed by atoms with Crippen LogP contribution in [0.2, 0.25) is 0 Å². The molecule has 3 rings (SSSR count). The maximum Gasteiger partial charge on any atom is 0.244 e. The predicted molar refractivity (Wildman–Crippen MR) is 112 cm³/mol. The molecule has 1 aromatic carbocycles. The van der Waals surface area contributed by atoms with E-state index in [2.05, 4.69) is 22.1 Å². The molecule has 0 bridgehead atoms. The Morgan fingerprint density at radius 1 is 1.31 bits per heavy atom. The van der Waals surface area contributed by atoms with Gasteiger partial charge in [-0.25, -0.2) is 4.39 Å². The number of hydrogen-bond donors (Lipinski definition) is 1. The molecular formula is C23H28FN3O2. The lowest BCUT2D eigenvalue weighted by Gasteiger charge is -2.29. The Hall–Kier alpha value is -2.73. The Morgan fingerprint density at radius 3 is 2.86 bits per heavy atom. The highest BCUT2D eigenvalue weighted by Crippen LogP contribution is 2.24. The third kappa shape index (κ3) is 6.98. The molecule has 1 aromatic heterocycles. The Balaban J connectivity index is 1.46. The predicted octanol–water partition coefficient (Wildman–Crippen LogP) is 4.26. The van der Waals surface area contributed by atoms with Crippen molar-refractivity contribution in [2.75, 3.05) is 26.2 Å². The molecule has 1 aliphatic rings. The monoisotopic (exact) mass is 397 g/mol. The number of halogens is 1. The Morgan fingerprint density at radius 2 is 2.14 bits per heavy atom. The molecule has 154 valence electrons. The summed E-state index contributed by atoms with van der Waals surface area (Å²) in [5.41, 5.74) is 0.595. The zero-order valence-corrected chi connectivity index (χ0v) is 16.8. The van der Waals surface area contributed by atoms with Crippen LogP contribution in [0.3, 0.4) is 0 Å². The Kier molecular flexibility index (Phi) is 7.76. The summed E-state index contributed by atoms with van der Waals surface area (Å²) < 4.78 is 19.7. The van der Waals surface area contributed by atoms with Crippen LogP contribution in [0, 0.1) is 11.7 Å². The van der Waals surface area contributed by atoms with Gasteiger partial charge in [-0.2, -0.15) is 0 Å². The third-order valence-corrected chi connectivity index (χ3v) is 4.89. The second kappa shape index (κ2) is 10.7. The molecule has 1 aliphatic heterocycles. The number of aromatic nitrogens is 1. The average Bonchev–Trinajstić information content (AvgIpc) is 2.74. The van der Waals surface area contributed by atoms with Crippen molar-refractivity contribution < 1.29 is 13.9 Å². The molecular weight excluding hydrogens is 369 g/mol. The van der Waals surface area contributed by atoms with Crippen LogP contribution in [-0.4, -0.2) is 42.0 Å². The number of hydrogen-bond acceptors (Lipinski definition) is 4. The van der Waals surface area contributed by atoms with Gasteiger partial charge in [0.25, 0.3) is 0 Å². The van der Waals surface area contributed by atoms with Gasteiger partial charge in [-0.15, -0.1) is 0 Å². The SMILES string of the molecule is CC(CNC(=O)/C=C/c1ccc(Oc2cccnc2)c(F)c1)CN1CCCCC1. The summed E-state index contributed by atoms with van der Waals surface area (Å²) in [4.78, 5) is 18.5. The van der Waals surface area contributed by atoms with E-state index in [-0.39, 0.29) is 11.7 Å². The largest absolute Gasteiger partial charge is 0.453 e. The van der Waals surface area contributed by atoms with Crippen LogP contribution in [0.15, 0.2) is 48.8 Å². The van der Waals surface area contributed by atoms with Gasteiger partial charge >= 0.3 is 0 Å². The fourth-order valence-electron chi connectivity index (χ4n) is 3.39. The van der Waals surface area contributed by atoms with E-state index in [1.54, 1.807) is 36.5 Å². The van der Waals surface area contributed by atoms with Crippen molar-refractivity contribution in [3.8, 4) is 11.5 Å². The van der Waals surface area contributed by atoms with Gasteiger partial charge in [0.1, 0.15) is 5.75 Å². The summed E-state index contributed by atoms with van der Waals surface area (Å²) in [7, 11) is 0. The average molecular weight is 397 g/mol. The second-order valence-electron chi connectivity index (χ2n) is 7.53.